The minimum absolute atomic E-state index is 0.00405. The van der Waals surface area contributed by atoms with E-state index in [1.165, 1.54) is 6.92 Å². The van der Waals surface area contributed by atoms with Crippen molar-refractivity contribution in [3.05, 3.63) is 35.9 Å². The lowest BCUT2D eigenvalue weighted by Gasteiger charge is -2.69. The van der Waals surface area contributed by atoms with Crippen LogP contribution in [0.5, 0.6) is 0 Å². The van der Waals surface area contributed by atoms with Gasteiger partial charge in [-0.05, 0) is 43.9 Å². The Hall–Kier alpha value is -2.04. The second kappa shape index (κ2) is 10.5. The molecule has 6 aliphatic rings. The van der Waals surface area contributed by atoms with Crippen molar-refractivity contribution in [3.63, 3.8) is 0 Å². The summed E-state index contributed by atoms with van der Waals surface area (Å²) in [4.78, 5) is 29.5. The highest BCUT2D eigenvalue weighted by molar-refractivity contribution is 5.89. The lowest BCUT2D eigenvalue weighted by atomic mass is 9.43. The van der Waals surface area contributed by atoms with Crippen LogP contribution in [0.25, 0.3) is 0 Å². The van der Waals surface area contributed by atoms with Gasteiger partial charge in [-0.2, -0.15) is 0 Å². The highest BCUT2D eigenvalue weighted by Crippen LogP contribution is 2.80. The Morgan fingerprint density at radius 3 is 2.40 bits per heavy atom. The topological polar surface area (TPSA) is 92.8 Å². The fourth-order valence-corrected chi connectivity index (χ4v) is 12.2. The van der Waals surface area contributed by atoms with Gasteiger partial charge in [-0.3, -0.25) is 9.69 Å². The number of carbonyl (C=O) groups excluding carboxylic acids is 2. The summed E-state index contributed by atoms with van der Waals surface area (Å²) in [6.07, 6.45) is 2.42. The molecule has 0 amide bonds. The number of esters is 2. The maximum absolute atomic E-state index is 14.2. The third kappa shape index (κ3) is 3.69. The van der Waals surface area contributed by atoms with Gasteiger partial charge in [0.25, 0.3) is 0 Å². The first kappa shape index (κ1) is 29.7. The third-order valence-electron chi connectivity index (χ3n) is 12.9. The van der Waals surface area contributed by atoms with E-state index in [2.05, 4.69) is 11.8 Å². The van der Waals surface area contributed by atoms with Crippen LogP contribution in [-0.4, -0.2) is 101 Å². The Bertz CT molecular complexity index is 1240. The van der Waals surface area contributed by atoms with Crippen LogP contribution < -0.4 is 0 Å². The number of likely N-dealkylation sites (tertiary alicyclic amines) is 1. The van der Waals surface area contributed by atoms with E-state index in [0.717, 1.165) is 32.4 Å². The van der Waals surface area contributed by atoms with Crippen molar-refractivity contribution >= 4 is 11.9 Å². The number of hydrogen-bond donors (Lipinski definition) is 0. The van der Waals surface area contributed by atoms with E-state index < -0.39 is 11.7 Å². The van der Waals surface area contributed by atoms with E-state index in [-0.39, 0.29) is 76.7 Å². The second-order valence-corrected chi connectivity index (χ2v) is 14.1. The standard InChI is InChI=1S/C34H47NO8/c1-7-35-17-32(18-38-3)14-13-24(40-5)34-22-15-21-23(39-4)16-33(25(22)27(21)42-19(2)36,26(30(34)35)28(41-6)29(32)34)43-31(37)20-11-9-8-10-12-20/h8-12,21-30H,7,13-18H2,1-6H3. The summed E-state index contributed by atoms with van der Waals surface area (Å²) in [5.74, 6) is -0.804. The summed E-state index contributed by atoms with van der Waals surface area (Å²) in [5.41, 5.74) is -0.869. The zero-order valence-corrected chi connectivity index (χ0v) is 26.3. The zero-order chi connectivity index (χ0) is 30.3. The number of rotatable bonds is 9. The first-order valence-electron chi connectivity index (χ1n) is 16.0. The van der Waals surface area contributed by atoms with Crippen molar-refractivity contribution in [2.45, 2.75) is 75.6 Å². The Morgan fingerprint density at radius 1 is 1.00 bits per heavy atom. The first-order valence-corrected chi connectivity index (χ1v) is 16.0. The molecule has 7 rings (SSSR count). The largest absolute Gasteiger partial charge is 0.462 e. The van der Waals surface area contributed by atoms with Crippen molar-refractivity contribution in [2.24, 2.45) is 40.4 Å². The summed E-state index contributed by atoms with van der Waals surface area (Å²) in [6.45, 7) is 6.12. The van der Waals surface area contributed by atoms with Gasteiger partial charge in [-0.1, -0.05) is 25.1 Å². The quantitative estimate of drug-likeness (QED) is 0.396. The number of piperidine rings is 1. The van der Waals surface area contributed by atoms with E-state index in [4.69, 9.17) is 28.4 Å². The van der Waals surface area contributed by atoms with Gasteiger partial charge in [-0.15, -0.1) is 0 Å². The molecule has 1 heterocycles. The first-order chi connectivity index (χ1) is 20.8. The lowest BCUT2D eigenvalue weighted by Crippen LogP contribution is -2.77. The minimum Gasteiger partial charge on any atom is -0.462 e. The van der Waals surface area contributed by atoms with E-state index in [9.17, 15) is 9.59 Å². The maximum Gasteiger partial charge on any atom is 0.338 e. The van der Waals surface area contributed by atoms with Gasteiger partial charge in [0.15, 0.2) is 0 Å². The molecule has 1 aliphatic heterocycles. The molecule has 9 heteroatoms. The van der Waals surface area contributed by atoms with Crippen molar-refractivity contribution in [3.8, 4) is 0 Å². The number of carbonyl (C=O) groups is 2. The summed E-state index contributed by atoms with van der Waals surface area (Å²) >= 11 is 0. The molecule has 13 atom stereocenters. The lowest BCUT2D eigenvalue weighted by molar-refractivity contribution is -0.276. The number of benzene rings is 1. The highest BCUT2D eigenvalue weighted by atomic mass is 16.6. The molecule has 7 bridgehead atoms. The molecule has 1 saturated heterocycles. The summed E-state index contributed by atoms with van der Waals surface area (Å²) < 4.78 is 38.7. The molecule has 236 valence electrons. The van der Waals surface area contributed by atoms with Crippen molar-refractivity contribution in [1.29, 1.82) is 0 Å². The molecule has 1 spiro atoms. The van der Waals surface area contributed by atoms with Crippen molar-refractivity contribution in [1.82, 2.24) is 4.90 Å². The summed E-state index contributed by atoms with van der Waals surface area (Å²) in [5, 5.41) is 0. The maximum atomic E-state index is 14.2. The van der Waals surface area contributed by atoms with Crippen LogP contribution in [0, 0.1) is 40.4 Å². The van der Waals surface area contributed by atoms with Crippen LogP contribution in [0.3, 0.4) is 0 Å². The number of fused-ring (bicyclic) bond motifs is 2. The van der Waals surface area contributed by atoms with Crippen LogP contribution in [0.15, 0.2) is 30.3 Å². The molecule has 5 saturated carbocycles. The van der Waals surface area contributed by atoms with Crippen LogP contribution >= 0.6 is 0 Å². The molecule has 43 heavy (non-hydrogen) atoms. The average molecular weight is 598 g/mol. The van der Waals surface area contributed by atoms with Crippen LogP contribution in [0.2, 0.25) is 0 Å². The van der Waals surface area contributed by atoms with Gasteiger partial charge < -0.3 is 28.4 Å². The molecule has 1 aromatic rings. The van der Waals surface area contributed by atoms with Crippen molar-refractivity contribution in [2.75, 3.05) is 48.1 Å². The molecular formula is C34H47NO8. The van der Waals surface area contributed by atoms with Crippen LogP contribution in [0.1, 0.15) is 49.9 Å². The Kier molecular flexibility index (Phi) is 7.25. The molecule has 13 unspecified atom stereocenters. The molecule has 6 fully saturated rings. The van der Waals surface area contributed by atoms with Gasteiger partial charge in [0.2, 0.25) is 0 Å². The predicted octanol–water partition coefficient (Wildman–Crippen LogP) is 3.59. The number of methoxy groups -OCH3 is 4. The van der Waals surface area contributed by atoms with Gasteiger partial charge in [0, 0.05) is 88.9 Å². The molecule has 9 nitrogen and oxygen atoms in total. The zero-order valence-electron chi connectivity index (χ0n) is 26.3. The smallest absolute Gasteiger partial charge is 0.338 e. The van der Waals surface area contributed by atoms with Gasteiger partial charge >= 0.3 is 11.9 Å². The van der Waals surface area contributed by atoms with E-state index in [1.807, 2.05) is 32.4 Å². The summed E-state index contributed by atoms with van der Waals surface area (Å²) in [6, 6.07) is 9.30. The Morgan fingerprint density at radius 2 is 1.77 bits per heavy atom. The van der Waals surface area contributed by atoms with Crippen LogP contribution in [-0.2, 0) is 33.2 Å². The number of hydrogen-bond acceptors (Lipinski definition) is 9. The summed E-state index contributed by atoms with van der Waals surface area (Å²) in [7, 11) is 7.20. The van der Waals surface area contributed by atoms with E-state index >= 15 is 0 Å². The Labute approximate surface area is 254 Å². The van der Waals surface area contributed by atoms with Gasteiger partial charge in [0.05, 0.1) is 30.5 Å². The normalized spacial score (nSPS) is 47.3. The number of nitrogens with zero attached hydrogens (tertiary/aromatic N) is 1. The molecule has 0 aromatic heterocycles. The van der Waals surface area contributed by atoms with Gasteiger partial charge in [0.1, 0.15) is 11.7 Å². The number of ether oxygens (including phenoxy) is 6. The third-order valence-corrected chi connectivity index (χ3v) is 12.9. The highest BCUT2D eigenvalue weighted by Gasteiger charge is 2.88. The van der Waals surface area contributed by atoms with Crippen LogP contribution in [0.4, 0.5) is 0 Å². The SMILES string of the molecule is CCN1CC2(COC)CCC(OC)C34C5CC6C(OC)CC(OC(=O)c7ccccc7)(C5C6OC(C)=O)C(C(OC)C23)C14. The average Bonchev–Trinajstić information content (AvgIpc) is 3.42. The molecular weight excluding hydrogens is 550 g/mol. The van der Waals surface area contributed by atoms with Crippen molar-refractivity contribution < 1.29 is 38.0 Å². The molecule has 1 aromatic carbocycles. The molecule has 0 radical (unpaired) electrons. The fourth-order valence-electron chi connectivity index (χ4n) is 12.2. The van der Waals surface area contributed by atoms with E-state index in [1.54, 1.807) is 26.4 Å². The monoisotopic (exact) mass is 597 g/mol. The van der Waals surface area contributed by atoms with E-state index in [0.29, 0.717) is 18.6 Å². The fraction of sp³-hybridized carbons (Fsp3) is 0.765. The predicted molar refractivity (Wildman–Crippen MR) is 156 cm³/mol. The second-order valence-electron chi connectivity index (χ2n) is 14.1. The molecule has 5 aliphatic carbocycles. The molecule has 0 N–H and O–H groups in total. The van der Waals surface area contributed by atoms with Gasteiger partial charge in [-0.25, -0.2) is 4.79 Å². The Balaban J connectivity index is 1.50. The minimum atomic E-state index is -0.964.